The first kappa shape index (κ1) is 20.8. The van der Waals surface area contributed by atoms with Gasteiger partial charge in [-0.05, 0) is 29.8 Å². The lowest BCUT2D eigenvalue weighted by molar-refractivity contribution is 0.0477. The molecule has 2 aromatic heterocycles. The van der Waals surface area contributed by atoms with Crippen LogP contribution in [0.5, 0.6) is 5.75 Å². The van der Waals surface area contributed by atoms with Crippen molar-refractivity contribution in [3.63, 3.8) is 0 Å². The van der Waals surface area contributed by atoms with Crippen LogP contribution in [-0.2, 0) is 25.4 Å². The number of methoxy groups -OCH3 is 1. The number of aryl methyl sites for hydroxylation is 1. The Morgan fingerprint density at radius 1 is 1.06 bits per heavy atom. The van der Waals surface area contributed by atoms with Crippen LogP contribution in [0.25, 0.3) is 22.2 Å². The largest absolute Gasteiger partial charge is 0.497 e. The van der Waals surface area contributed by atoms with Gasteiger partial charge < -0.3 is 14.0 Å². The van der Waals surface area contributed by atoms with Crippen LogP contribution in [0.15, 0.2) is 62.6 Å². The Labute approximate surface area is 192 Å². The molecule has 4 aromatic rings. The molecule has 8 heteroatoms. The highest BCUT2D eigenvalue weighted by molar-refractivity contribution is 9.10. The summed E-state index contributed by atoms with van der Waals surface area (Å²) in [5.41, 5.74) is 3.31. The second kappa shape index (κ2) is 7.79. The molecule has 2 aromatic carbocycles. The number of ether oxygens (including phenoxy) is 2. The fourth-order valence-electron chi connectivity index (χ4n) is 4.57. The van der Waals surface area contributed by atoms with Crippen LogP contribution < -0.4 is 16.0 Å². The van der Waals surface area contributed by atoms with Crippen LogP contribution in [0.4, 0.5) is 0 Å². The highest BCUT2D eigenvalue weighted by Crippen LogP contribution is 2.41. The smallest absolute Gasteiger partial charge is 0.331 e. The summed E-state index contributed by atoms with van der Waals surface area (Å²) in [6.45, 7) is 1.05. The van der Waals surface area contributed by atoms with E-state index in [0.717, 1.165) is 37.3 Å². The summed E-state index contributed by atoms with van der Waals surface area (Å²) in [5.74, 6) is 0.719. The second-order valence-electron chi connectivity index (χ2n) is 7.85. The maximum Gasteiger partial charge on any atom is 0.331 e. The quantitative estimate of drug-likeness (QED) is 0.435. The minimum Gasteiger partial charge on any atom is -0.497 e. The lowest BCUT2D eigenvalue weighted by atomic mass is 10.0. The standard InChI is InChI=1S/C24H22BrN3O4/c1-26-20-18(23(29)27(2)24(26)30)19(14-6-4-8-16(25)12-14)28-10-11-32-22(21(20)28)15-7-5-9-17(13-15)31-3/h4-9,12-13,22H,10-11H2,1-3H3/t22-/m1/s1. The molecule has 0 fully saturated rings. The first-order valence-corrected chi connectivity index (χ1v) is 11.0. The number of halogens is 1. The van der Waals surface area contributed by atoms with Crippen molar-refractivity contribution in [3.8, 4) is 17.0 Å². The summed E-state index contributed by atoms with van der Waals surface area (Å²) in [6.07, 6.45) is -0.444. The van der Waals surface area contributed by atoms with Gasteiger partial charge >= 0.3 is 5.69 Å². The Balaban J connectivity index is 1.93. The number of nitrogens with zero attached hydrogens (tertiary/aromatic N) is 3. The molecule has 7 nitrogen and oxygen atoms in total. The van der Waals surface area contributed by atoms with E-state index < -0.39 is 6.10 Å². The van der Waals surface area contributed by atoms with E-state index in [0.29, 0.717) is 24.1 Å². The number of benzene rings is 2. The van der Waals surface area contributed by atoms with Gasteiger partial charge in [0.05, 0.1) is 36.0 Å². The third-order valence-electron chi connectivity index (χ3n) is 6.05. The van der Waals surface area contributed by atoms with Gasteiger partial charge in [-0.1, -0.05) is 40.2 Å². The van der Waals surface area contributed by atoms with Crippen molar-refractivity contribution in [1.82, 2.24) is 13.7 Å². The number of hydrogen-bond acceptors (Lipinski definition) is 4. The van der Waals surface area contributed by atoms with E-state index in [1.807, 2.05) is 48.5 Å². The predicted octanol–water partition coefficient (Wildman–Crippen LogP) is 3.60. The summed E-state index contributed by atoms with van der Waals surface area (Å²) in [7, 11) is 4.84. The van der Waals surface area contributed by atoms with Crippen molar-refractivity contribution in [2.75, 3.05) is 13.7 Å². The Kier molecular flexibility index (Phi) is 5.06. The molecule has 1 aliphatic rings. The summed E-state index contributed by atoms with van der Waals surface area (Å²) < 4.78 is 17.4. The summed E-state index contributed by atoms with van der Waals surface area (Å²) in [6, 6.07) is 15.5. The van der Waals surface area contributed by atoms with Gasteiger partial charge in [0.1, 0.15) is 11.9 Å². The Hall–Kier alpha value is -3.10. The molecule has 0 aliphatic carbocycles. The minimum absolute atomic E-state index is 0.315. The molecule has 1 atom stereocenters. The van der Waals surface area contributed by atoms with Crippen molar-refractivity contribution in [2.45, 2.75) is 12.6 Å². The van der Waals surface area contributed by atoms with Gasteiger partial charge in [0.15, 0.2) is 0 Å². The van der Waals surface area contributed by atoms with Crippen molar-refractivity contribution in [1.29, 1.82) is 0 Å². The predicted molar refractivity (Wildman–Crippen MR) is 126 cm³/mol. The topological polar surface area (TPSA) is 67.4 Å². The Morgan fingerprint density at radius 2 is 1.84 bits per heavy atom. The van der Waals surface area contributed by atoms with E-state index in [1.54, 1.807) is 18.7 Å². The Morgan fingerprint density at radius 3 is 2.59 bits per heavy atom. The van der Waals surface area contributed by atoms with Gasteiger partial charge in [-0.15, -0.1) is 0 Å². The zero-order chi connectivity index (χ0) is 22.6. The van der Waals surface area contributed by atoms with E-state index in [4.69, 9.17) is 9.47 Å². The molecular formula is C24H22BrN3O4. The highest BCUT2D eigenvalue weighted by atomic mass is 79.9. The first-order chi connectivity index (χ1) is 15.4. The molecular weight excluding hydrogens is 474 g/mol. The van der Waals surface area contributed by atoms with Gasteiger partial charge in [-0.25, -0.2) is 4.79 Å². The van der Waals surface area contributed by atoms with Crippen molar-refractivity contribution >= 4 is 26.8 Å². The van der Waals surface area contributed by atoms with E-state index in [9.17, 15) is 9.59 Å². The Bertz CT molecular complexity index is 1480. The van der Waals surface area contributed by atoms with Crippen molar-refractivity contribution < 1.29 is 9.47 Å². The molecule has 32 heavy (non-hydrogen) atoms. The zero-order valence-electron chi connectivity index (χ0n) is 18.0. The molecule has 0 bridgehead atoms. The van der Waals surface area contributed by atoms with Crippen LogP contribution in [-0.4, -0.2) is 27.4 Å². The van der Waals surface area contributed by atoms with Crippen molar-refractivity contribution in [3.05, 3.63) is 85.1 Å². The third kappa shape index (κ3) is 3.05. The summed E-state index contributed by atoms with van der Waals surface area (Å²) in [4.78, 5) is 26.3. The molecule has 3 heterocycles. The van der Waals surface area contributed by atoms with Gasteiger partial charge in [0.2, 0.25) is 0 Å². The SMILES string of the molecule is COc1cccc([C@H]2OCCn3c(-c4cccc(Br)c4)c4c(=O)n(C)c(=O)n(C)c4c32)c1. The molecule has 0 saturated heterocycles. The monoisotopic (exact) mass is 495 g/mol. The molecule has 0 saturated carbocycles. The van der Waals surface area contributed by atoms with Gasteiger partial charge in [0, 0.05) is 30.7 Å². The molecule has 5 rings (SSSR count). The fraction of sp³-hybridized carbons (Fsp3) is 0.250. The molecule has 0 amide bonds. The van der Waals surface area contributed by atoms with E-state index in [1.165, 1.54) is 7.05 Å². The van der Waals surface area contributed by atoms with Crippen LogP contribution >= 0.6 is 15.9 Å². The zero-order valence-corrected chi connectivity index (χ0v) is 19.5. The highest BCUT2D eigenvalue weighted by Gasteiger charge is 2.33. The first-order valence-electron chi connectivity index (χ1n) is 10.3. The van der Waals surface area contributed by atoms with Gasteiger partial charge in [0.25, 0.3) is 5.56 Å². The van der Waals surface area contributed by atoms with Crippen LogP contribution in [0.2, 0.25) is 0 Å². The minimum atomic E-state index is -0.444. The molecule has 164 valence electrons. The lowest BCUT2D eigenvalue weighted by Gasteiger charge is -2.28. The lowest BCUT2D eigenvalue weighted by Crippen LogP contribution is -2.37. The molecule has 0 radical (unpaired) electrons. The number of fused-ring (bicyclic) bond motifs is 3. The summed E-state index contributed by atoms with van der Waals surface area (Å²) in [5, 5.41) is 0.515. The maximum absolute atomic E-state index is 13.4. The normalized spacial score (nSPS) is 15.7. The fourth-order valence-corrected chi connectivity index (χ4v) is 4.97. The molecule has 1 aliphatic heterocycles. The number of rotatable bonds is 3. The summed E-state index contributed by atoms with van der Waals surface area (Å²) >= 11 is 3.54. The molecule has 0 N–H and O–H groups in total. The van der Waals surface area contributed by atoms with E-state index in [-0.39, 0.29) is 11.2 Å². The van der Waals surface area contributed by atoms with Gasteiger partial charge in [-0.3, -0.25) is 13.9 Å². The van der Waals surface area contributed by atoms with Gasteiger partial charge in [-0.2, -0.15) is 0 Å². The number of hydrogen-bond donors (Lipinski definition) is 0. The average molecular weight is 496 g/mol. The maximum atomic E-state index is 13.4. The average Bonchev–Trinajstić information content (AvgIpc) is 3.17. The van der Waals surface area contributed by atoms with Crippen LogP contribution in [0.1, 0.15) is 17.4 Å². The third-order valence-corrected chi connectivity index (χ3v) is 6.54. The van der Waals surface area contributed by atoms with Crippen LogP contribution in [0.3, 0.4) is 0 Å². The second-order valence-corrected chi connectivity index (χ2v) is 8.77. The molecule has 0 unspecified atom stereocenters. The van der Waals surface area contributed by atoms with Crippen LogP contribution in [0, 0.1) is 0 Å². The van der Waals surface area contributed by atoms with E-state index in [2.05, 4.69) is 20.5 Å². The van der Waals surface area contributed by atoms with E-state index >= 15 is 0 Å². The number of aromatic nitrogens is 3. The molecule has 0 spiro atoms. The van der Waals surface area contributed by atoms with Crippen molar-refractivity contribution in [2.24, 2.45) is 14.1 Å².